The Morgan fingerprint density at radius 1 is 1.17 bits per heavy atom. The zero-order valence-electron chi connectivity index (χ0n) is 12.2. The van der Waals surface area contributed by atoms with Crippen molar-refractivity contribution in [3.05, 3.63) is 66.2 Å². The van der Waals surface area contributed by atoms with Crippen molar-refractivity contribution < 1.29 is 14.3 Å². The molecule has 0 unspecified atom stereocenters. The van der Waals surface area contributed by atoms with Crippen molar-refractivity contribution in [2.24, 2.45) is 0 Å². The number of amides is 1. The normalized spacial score (nSPS) is 10.4. The number of hydrogen-bond acceptors (Lipinski definition) is 5. The molecule has 0 atom stereocenters. The van der Waals surface area contributed by atoms with Gasteiger partial charge in [-0.15, -0.1) is 0 Å². The van der Waals surface area contributed by atoms with Crippen LogP contribution in [0.3, 0.4) is 0 Å². The second-order valence-corrected chi connectivity index (χ2v) is 4.72. The Kier molecular flexibility index (Phi) is 4.28. The van der Waals surface area contributed by atoms with E-state index in [0.717, 1.165) is 0 Å². The summed E-state index contributed by atoms with van der Waals surface area (Å²) in [6, 6.07) is 8.84. The molecular weight excluding hydrogens is 296 g/mol. The molecule has 0 spiro atoms. The quantitative estimate of drug-likeness (QED) is 0.567. The van der Waals surface area contributed by atoms with Gasteiger partial charge in [-0.1, -0.05) is 18.2 Å². The lowest BCUT2D eigenvalue weighted by molar-refractivity contribution is 0.0505. The SMILES string of the molecule is O=C(NCCOC(=O)c1cnn2ccncc12)c1ccccc1. The summed E-state index contributed by atoms with van der Waals surface area (Å²) in [6.07, 6.45) is 6.20. The molecule has 3 rings (SSSR count). The van der Waals surface area contributed by atoms with E-state index in [9.17, 15) is 9.59 Å². The van der Waals surface area contributed by atoms with Crippen LogP contribution >= 0.6 is 0 Å². The van der Waals surface area contributed by atoms with Gasteiger partial charge in [-0.2, -0.15) is 5.10 Å². The number of nitrogens with zero attached hydrogens (tertiary/aromatic N) is 3. The molecule has 1 aromatic carbocycles. The molecule has 1 N–H and O–H groups in total. The minimum Gasteiger partial charge on any atom is -0.460 e. The van der Waals surface area contributed by atoms with Gasteiger partial charge in [0, 0.05) is 18.0 Å². The van der Waals surface area contributed by atoms with E-state index in [4.69, 9.17) is 4.74 Å². The Morgan fingerprint density at radius 2 is 2.00 bits per heavy atom. The highest BCUT2D eigenvalue weighted by atomic mass is 16.5. The van der Waals surface area contributed by atoms with Crippen LogP contribution in [0.2, 0.25) is 0 Å². The summed E-state index contributed by atoms with van der Waals surface area (Å²) in [6.45, 7) is 0.311. The van der Waals surface area contributed by atoms with E-state index in [1.165, 1.54) is 6.20 Å². The Morgan fingerprint density at radius 3 is 2.83 bits per heavy atom. The largest absolute Gasteiger partial charge is 0.460 e. The minimum absolute atomic E-state index is 0.0784. The number of fused-ring (bicyclic) bond motifs is 1. The Labute approximate surface area is 131 Å². The summed E-state index contributed by atoms with van der Waals surface area (Å²) in [5.41, 5.74) is 1.48. The van der Waals surface area contributed by atoms with E-state index in [-0.39, 0.29) is 19.1 Å². The van der Waals surface area contributed by atoms with Gasteiger partial charge in [-0.3, -0.25) is 9.78 Å². The molecule has 23 heavy (non-hydrogen) atoms. The van der Waals surface area contributed by atoms with Crippen LogP contribution in [-0.2, 0) is 4.74 Å². The maximum atomic E-state index is 12.0. The van der Waals surface area contributed by atoms with Crippen LogP contribution in [-0.4, -0.2) is 39.6 Å². The summed E-state index contributed by atoms with van der Waals surface area (Å²) >= 11 is 0. The molecule has 116 valence electrons. The fourth-order valence-electron chi connectivity index (χ4n) is 2.07. The fraction of sp³-hybridized carbons (Fsp3) is 0.125. The number of carbonyl (C=O) groups is 2. The molecule has 3 aromatic rings. The van der Waals surface area contributed by atoms with Crippen LogP contribution < -0.4 is 5.32 Å². The third-order valence-electron chi connectivity index (χ3n) is 3.20. The van der Waals surface area contributed by atoms with Crippen LogP contribution in [0.25, 0.3) is 5.52 Å². The standard InChI is InChI=1S/C16H14N4O3/c21-15(12-4-2-1-3-5-12)18-7-9-23-16(22)13-10-19-20-8-6-17-11-14(13)20/h1-6,8,10-11H,7,9H2,(H,18,21). The van der Waals surface area contributed by atoms with Crippen molar-refractivity contribution in [3.63, 3.8) is 0 Å². The highest BCUT2D eigenvalue weighted by Gasteiger charge is 2.14. The highest BCUT2D eigenvalue weighted by Crippen LogP contribution is 2.09. The molecule has 7 nitrogen and oxygen atoms in total. The number of rotatable bonds is 5. The predicted molar refractivity (Wildman–Crippen MR) is 82.0 cm³/mol. The maximum absolute atomic E-state index is 12.0. The number of hydrogen-bond donors (Lipinski definition) is 1. The summed E-state index contributed by atoms with van der Waals surface area (Å²) < 4.78 is 6.69. The molecule has 0 saturated heterocycles. The third kappa shape index (κ3) is 3.34. The van der Waals surface area contributed by atoms with Crippen LogP contribution in [0.1, 0.15) is 20.7 Å². The second-order valence-electron chi connectivity index (χ2n) is 4.72. The predicted octanol–water partition coefficient (Wildman–Crippen LogP) is 1.32. The number of aromatic nitrogens is 3. The summed E-state index contributed by atoms with van der Waals surface area (Å²) in [7, 11) is 0. The van der Waals surface area contributed by atoms with Gasteiger partial charge in [0.1, 0.15) is 12.2 Å². The number of esters is 1. The lowest BCUT2D eigenvalue weighted by Gasteiger charge is -2.06. The topological polar surface area (TPSA) is 85.6 Å². The van der Waals surface area contributed by atoms with Gasteiger partial charge in [0.05, 0.1) is 24.5 Å². The zero-order valence-corrected chi connectivity index (χ0v) is 12.2. The van der Waals surface area contributed by atoms with E-state index in [1.54, 1.807) is 47.4 Å². The first-order valence-electron chi connectivity index (χ1n) is 7.03. The van der Waals surface area contributed by atoms with Gasteiger partial charge in [-0.25, -0.2) is 9.31 Å². The number of carbonyl (C=O) groups excluding carboxylic acids is 2. The van der Waals surface area contributed by atoms with Crippen LogP contribution in [0, 0.1) is 0 Å². The van der Waals surface area contributed by atoms with Crippen molar-refractivity contribution >= 4 is 17.4 Å². The fourth-order valence-corrected chi connectivity index (χ4v) is 2.07. The third-order valence-corrected chi connectivity index (χ3v) is 3.20. The average molecular weight is 310 g/mol. The molecule has 0 aliphatic rings. The lowest BCUT2D eigenvalue weighted by Crippen LogP contribution is -2.28. The summed E-state index contributed by atoms with van der Waals surface area (Å²) in [5, 5.41) is 6.73. The Hall–Kier alpha value is -3.22. The highest BCUT2D eigenvalue weighted by molar-refractivity contribution is 5.96. The first-order valence-corrected chi connectivity index (χ1v) is 7.03. The number of ether oxygens (including phenoxy) is 1. The molecule has 0 aliphatic heterocycles. The summed E-state index contributed by atoms with van der Waals surface area (Å²) in [4.78, 5) is 27.8. The Balaban J connectivity index is 1.51. The Bertz CT molecular complexity index is 829. The smallest absolute Gasteiger partial charge is 0.342 e. The van der Waals surface area contributed by atoms with E-state index in [1.807, 2.05) is 6.07 Å². The van der Waals surface area contributed by atoms with Crippen LogP contribution in [0.5, 0.6) is 0 Å². The van der Waals surface area contributed by atoms with Crippen molar-refractivity contribution in [3.8, 4) is 0 Å². The first-order chi connectivity index (χ1) is 11.3. The molecule has 0 aliphatic carbocycles. The van der Waals surface area contributed by atoms with Crippen molar-refractivity contribution in [1.82, 2.24) is 19.9 Å². The van der Waals surface area contributed by atoms with Crippen molar-refractivity contribution in [2.45, 2.75) is 0 Å². The molecule has 7 heteroatoms. The van der Waals surface area contributed by atoms with Crippen LogP contribution in [0.15, 0.2) is 55.1 Å². The van der Waals surface area contributed by atoms with Crippen molar-refractivity contribution in [1.29, 1.82) is 0 Å². The molecule has 0 radical (unpaired) electrons. The molecule has 0 bridgehead atoms. The molecule has 0 saturated carbocycles. The number of nitrogens with one attached hydrogen (secondary N) is 1. The number of benzene rings is 1. The van der Waals surface area contributed by atoms with Gasteiger partial charge in [0.25, 0.3) is 5.91 Å². The summed E-state index contributed by atoms with van der Waals surface area (Å²) in [5.74, 6) is -0.705. The monoisotopic (exact) mass is 310 g/mol. The van der Waals surface area contributed by atoms with E-state index < -0.39 is 5.97 Å². The maximum Gasteiger partial charge on any atom is 0.342 e. The van der Waals surface area contributed by atoms with Crippen molar-refractivity contribution in [2.75, 3.05) is 13.2 Å². The van der Waals surface area contributed by atoms with Gasteiger partial charge < -0.3 is 10.1 Å². The van der Waals surface area contributed by atoms with E-state index in [2.05, 4.69) is 15.4 Å². The van der Waals surface area contributed by atoms with Crippen LogP contribution in [0.4, 0.5) is 0 Å². The molecule has 2 heterocycles. The lowest BCUT2D eigenvalue weighted by atomic mass is 10.2. The molecular formula is C16H14N4O3. The average Bonchev–Trinajstić information content (AvgIpc) is 3.03. The van der Waals surface area contributed by atoms with E-state index >= 15 is 0 Å². The van der Waals surface area contributed by atoms with Gasteiger partial charge in [0.2, 0.25) is 0 Å². The van der Waals surface area contributed by atoms with Gasteiger partial charge in [-0.05, 0) is 12.1 Å². The molecule has 0 fully saturated rings. The van der Waals surface area contributed by atoms with Gasteiger partial charge in [0.15, 0.2) is 0 Å². The first kappa shape index (κ1) is 14.7. The van der Waals surface area contributed by atoms with Gasteiger partial charge >= 0.3 is 5.97 Å². The zero-order chi connectivity index (χ0) is 16.1. The molecule has 1 amide bonds. The minimum atomic E-state index is -0.498. The van der Waals surface area contributed by atoms with E-state index in [0.29, 0.717) is 16.6 Å². The second kappa shape index (κ2) is 6.69. The molecule has 2 aromatic heterocycles.